The number of hydrogen-bond donors (Lipinski definition) is 1. The lowest BCUT2D eigenvalue weighted by Gasteiger charge is -2.34. The highest BCUT2D eigenvalue weighted by Crippen LogP contribution is 2.21. The zero-order valence-electron chi connectivity index (χ0n) is 11.2. The molecule has 1 unspecified atom stereocenters. The molecule has 19 heavy (non-hydrogen) atoms. The van der Waals surface area contributed by atoms with Gasteiger partial charge in [0.05, 0.1) is 12.6 Å². The third kappa shape index (κ3) is 3.55. The lowest BCUT2D eigenvalue weighted by atomic mass is 10.0. The molecule has 1 atom stereocenters. The van der Waals surface area contributed by atoms with Crippen LogP contribution in [0.4, 0.5) is 5.69 Å². The summed E-state index contributed by atoms with van der Waals surface area (Å²) >= 11 is 0. The van der Waals surface area contributed by atoms with Gasteiger partial charge in [-0.3, -0.25) is 10.1 Å². The highest BCUT2D eigenvalue weighted by Gasteiger charge is 2.19. The number of carbonyl (C=O) groups is 1. The molecule has 1 saturated heterocycles. The van der Waals surface area contributed by atoms with Crippen LogP contribution in [0.3, 0.4) is 0 Å². The fourth-order valence-corrected chi connectivity index (χ4v) is 2.49. The van der Waals surface area contributed by atoms with E-state index in [0.717, 1.165) is 37.2 Å². The van der Waals surface area contributed by atoms with Crippen LogP contribution in [0, 0.1) is 11.3 Å². The van der Waals surface area contributed by atoms with Gasteiger partial charge in [0.15, 0.2) is 5.78 Å². The second-order valence-electron chi connectivity index (χ2n) is 4.93. The first-order valence-electron chi connectivity index (χ1n) is 6.67. The number of hydrogen-bond acceptors (Lipinski definition) is 4. The number of rotatable bonds is 4. The Labute approximate surface area is 114 Å². The van der Waals surface area contributed by atoms with Gasteiger partial charge < -0.3 is 4.90 Å². The SMILES string of the molecule is CC(=O)c1cccc(N2CCCC(NCC#N)C2)c1. The zero-order valence-corrected chi connectivity index (χ0v) is 11.2. The van der Waals surface area contributed by atoms with Gasteiger partial charge in [0.1, 0.15) is 0 Å². The van der Waals surface area contributed by atoms with E-state index in [-0.39, 0.29) is 5.78 Å². The van der Waals surface area contributed by atoms with Gasteiger partial charge in [-0.25, -0.2) is 0 Å². The van der Waals surface area contributed by atoms with Crippen LogP contribution in [0.2, 0.25) is 0 Å². The molecule has 0 bridgehead atoms. The molecule has 1 aliphatic heterocycles. The van der Waals surface area contributed by atoms with Gasteiger partial charge in [0, 0.05) is 30.4 Å². The van der Waals surface area contributed by atoms with Crippen LogP contribution in [0.25, 0.3) is 0 Å². The topological polar surface area (TPSA) is 56.1 Å². The molecule has 1 aliphatic rings. The van der Waals surface area contributed by atoms with Gasteiger partial charge in [0.2, 0.25) is 0 Å². The molecule has 0 spiro atoms. The summed E-state index contributed by atoms with van der Waals surface area (Å²) in [5.74, 6) is 0.0954. The van der Waals surface area contributed by atoms with E-state index in [2.05, 4.69) is 16.3 Å². The van der Waals surface area contributed by atoms with E-state index in [1.54, 1.807) is 6.92 Å². The Morgan fingerprint density at radius 2 is 2.42 bits per heavy atom. The van der Waals surface area contributed by atoms with Crippen LogP contribution in [-0.2, 0) is 0 Å². The predicted octanol–water partition coefficient (Wildman–Crippen LogP) is 1.97. The lowest BCUT2D eigenvalue weighted by molar-refractivity contribution is 0.101. The number of nitrogens with one attached hydrogen (secondary N) is 1. The van der Waals surface area contributed by atoms with Crippen LogP contribution < -0.4 is 10.2 Å². The van der Waals surface area contributed by atoms with Crippen molar-refractivity contribution in [2.24, 2.45) is 0 Å². The van der Waals surface area contributed by atoms with Gasteiger partial charge in [-0.2, -0.15) is 5.26 Å². The van der Waals surface area contributed by atoms with Crippen molar-refractivity contribution in [1.82, 2.24) is 5.32 Å². The first-order chi connectivity index (χ1) is 9.20. The Morgan fingerprint density at radius 1 is 1.58 bits per heavy atom. The molecule has 1 aromatic carbocycles. The van der Waals surface area contributed by atoms with E-state index in [0.29, 0.717) is 12.6 Å². The molecule has 2 rings (SSSR count). The quantitative estimate of drug-likeness (QED) is 0.662. The maximum atomic E-state index is 11.4. The van der Waals surface area contributed by atoms with Crippen LogP contribution in [0.1, 0.15) is 30.1 Å². The summed E-state index contributed by atoms with van der Waals surface area (Å²) in [6.07, 6.45) is 2.21. The van der Waals surface area contributed by atoms with E-state index >= 15 is 0 Å². The second kappa shape index (κ2) is 6.35. The highest BCUT2D eigenvalue weighted by atomic mass is 16.1. The Balaban J connectivity index is 2.06. The average Bonchev–Trinajstić information content (AvgIpc) is 2.45. The molecular weight excluding hydrogens is 238 g/mol. The van der Waals surface area contributed by atoms with E-state index in [4.69, 9.17) is 5.26 Å². The minimum absolute atomic E-state index is 0.0954. The fraction of sp³-hybridized carbons (Fsp3) is 0.467. The Bertz CT molecular complexity index is 492. The summed E-state index contributed by atoms with van der Waals surface area (Å²) in [5, 5.41) is 11.9. The van der Waals surface area contributed by atoms with Gasteiger partial charge in [-0.1, -0.05) is 12.1 Å². The van der Waals surface area contributed by atoms with Gasteiger partial charge in [-0.15, -0.1) is 0 Å². The van der Waals surface area contributed by atoms with E-state index in [1.165, 1.54) is 0 Å². The molecule has 4 heteroatoms. The smallest absolute Gasteiger partial charge is 0.159 e. The first-order valence-corrected chi connectivity index (χ1v) is 6.67. The first kappa shape index (κ1) is 13.6. The number of nitrogens with zero attached hydrogens (tertiary/aromatic N) is 2. The number of ketones is 1. The van der Waals surface area contributed by atoms with Crippen molar-refractivity contribution in [2.75, 3.05) is 24.5 Å². The van der Waals surface area contributed by atoms with Crippen molar-refractivity contribution in [3.63, 3.8) is 0 Å². The van der Waals surface area contributed by atoms with Gasteiger partial charge in [0.25, 0.3) is 0 Å². The van der Waals surface area contributed by atoms with Crippen LogP contribution >= 0.6 is 0 Å². The molecule has 1 N–H and O–H groups in total. The van der Waals surface area contributed by atoms with Gasteiger partial charge in [-0.05, 0) is 31.9 Å². The Hall–Kier alpha value is -1.86. The number of piperidine rings is 1. The molecule has 100 valence electrons. The van der Waals surface area contributed by atoms with Crippen LogP contribution in [0.15, 0.2) is 24.3 Å². The molecule has 4 nitrogen and oxygen atoms in total. The third-order valence-corrected chi connectivity index (χ3v) is 3.51. The number of Topliss-reactive ketones (excluding diaryl/α,β-unsaturated/α-hetero) is 1. The van der Waals surface area contributed by atoms with Crippen LogP contribution in [-0.4, -0.2) is 31.5 Å². The third-order valence-electron chi connectivity index (χ3n) is 3.51. The molecular formula is C15H19N3O. The number of benzene rings is 1. The number of nitriles is 1. The van der Waals surface area contributed by atoms with Crippen molar-refractivity contribution >= 4 is 11.5 Å². The summed E-state index contributed by atoms with van der Waals surface area (Å²) in [4.78, 5) is 13.7. The molecule has 0 radical (unpaired) electrons. The maximum Gasteiger partial charge on any atom is 0.159 e. The molecule has 0 aromatic heterocycles. The van der Waals surface area contributed by atoms with E-state index < -0.39 is 0 Å². The molecule has 0 amide bonds. The average molecular weight is 257 g/mol. The summed E-state index contributed by atoms with van der Waals surface area (Å²) in [6, 6.07) is 10.2. The number of anilines is 1. The summed E-state index contributed by atoms with van der Waals surface area (Å²) in [6.45, 7) is 3.88. The molecule has 0 aliphatic carbocycles. The van der Waals surface area contributed by atoms with Crippen LogP contribution in [0.5, 0.6) is 0 Å². The maximum absolute atomic E-state index is 11.4. The minimum atomic E-state index is 0.0954. The monoisotopic (exact) mass is 257 g/mol. The van der Waals surface area contributed by atoms with Crippen molar-refractivity contribution in [2.45, 2.75) is 25.8 Å². The number of carbonyl (C=O) groups excluding carboxylic acids is 1. The zero-order chi connectivity index (χ0) is 13.7. The normalized spacial score (nSPS) is 18.9. The molecule has 1 fully saturated rings. The second-order valence-corrected chi connectivity index (χ2v) is 4.93. The Kier molecular flexibility index (Phi) is 4.53. The summed E-state index contributed by atoms with van der Waals surface area (Å²) < 4.78 is 0. The standard InChI is InChI=1S/C15H19N3O/c1-12(19)13-4-2-6-15(10-13)18-9-3-5-14(11-18)17-8-7-16/h2,4,6,10,14,17H,3,5,8-9,11H2,1H3. The van der Waals surface area contributed by atoms with Crippen molar-refractivity contribution in [3.8, 4) is 6.07 Å². The van der Waals surface area contributed by atoms with E-state index in [1.807, 2.05) is 24.3 Å². The molecule has 1 aromatic rings. The minimum Gasteiger partial charge on any atom is -0.370 e. The van der Waals surface area contributed by atoms with Gasteiger partial charge >= 0.3 is 0 Å². The van der Waals surface area contributed by atoms with Crippen molar-refractivity contribution < 1.29 is 4.79 Å². The highest BCUT2D eigenvalue weighted by molar-refractivity contribution is 5.94. The Morgan fingerprint density at radius 3 is 3.16 bits per heavy atom. The summed E-state index contributed by atoms with van der Waals surface area (Å²) in [7, 11) is 0. The van der Waals surface area contributed by atoms with E-state index in [9.17, 15) is 4.79 Å². The lowest BCUT2D eigenvalue weighted by Crippen LogP contribution is -2.45. The molecule has 1 heterocycles. The largest absolute Gasteiger partial charge is 0.370 e. The van der Waals surface area contributed by atoms with Crippen molar-refractivity contribution in [1.29, 1.82) is 5.26 Å². The van der Waals surface area contributed by atoms with Crippen molar-refractivity contribution in [3.05, 3.63) is 29.8 Å². The predicted molar refractivity (Wildman–Crippen MR) is 75.3 cm³/mol. The summed E-state index contributed by atoms with van der Waals surface area (Å²) in [5.41, 5.74) is 1.85. The molecule has 0 saturated carbocycles. The fourth-order valence-electron chi connectivity index (χ4n) is 2.49.